The molecule has 0 aliphatic carbocycles. The third-order valence-electron chi connectivity index (χ3n) is 4.62. The molecule has 2 aliphatic heterocycles. The Labute approximate surface area is 130 Å². The molecule has 5 heteroatoms. The number of nitrogens with zero attached hydrogens (tertiary/aromatic N) is 2. The number of amides is 1. The molecule has 1 aromatic carbocycles. The van der Waals surface area contributed by atoms with Gasteiger partial charge in [0.25, 0.3) is 5.91 Å². The highest BCUT2D eigenvalue weighted by Crippen LogP contribution is 2.27. The van der Waals surface area contributed by atoms with Gasteiger partial charge in [-0.25, -0.2) is 0 Å². The third kappa shape index (κ3) is 3.01. The fraction of sp³-hybridized carbons (Fsp3) is 0.562. The molecule has 3 rings (SSSR count). The van der Waals surface area contributed by atoms with E-state index in [1.165, 1.54) is 32.4 Å². The maximum Gasteiger partial charge on any atom is 0.255 e. The van der Waals surface area contributed by atoms with Crippen molar-refractivity contribution in [3.63, 3.8) is 0 Å². The van der Waals surface area contributed by atoms with Crippen molar-refractivity contribution in [2.75, 3.05) is 31.9 Å². The Bertz CT molecular complexity index is 528. The molecule has 2 fully saturated rings. The molecule has 2 aliphatic rings. The SMILES string of the molecule is Nc1cccc(C(=O)N2CCC(N3CCCCC3)C2)c1Cl. The van der Waals surface area contributed by atoms with E-state index in [1.807, 2.05) is 4.90 Å². The first-order valence-electron chi connectivity index (χ1n) is 7.74. The molecule has 0 radical (unpaired) electrons. The van der Waals surface area contributed by atoms with E-state index in [0.29, 0.717) is 22.3 Å². The normalized spacial score (nSPS) is 23.5. The molecule has 1 aromatic rings. The van der Waals surface area contributed by atoms with Crippen LogP contribution in [-0.4, -0.2) is 47.9 Å². The molecule has 0 aromatic heterocycles. The summed E-state index contributed by atoms with van der Waals surface area (Å²) in [6, 6.07) is 5.77. The number of hydrogen-bond donors (Lipinski definition) is 1. The van der Waals surface area contributed by atoms with Crippen LogP contribution in [0.15, 0.2) is 18.2 Å². The number of piperidine rings is 1. The number of benzene rings is 1. The Morgan fingerprint density at radius 2 is 1.95 bits per heavy atom. The molecular weight excluding hydrogens is 286 g/mol. The van der Waals surface area contributed by atoms with Crippen LogP contribution in [0, 0.1) is 0 Å². The first-order valence-corrected chi connectivity index (χ1v) is 8.12. The largest absolute Gasteiger partial charge is 0.398 e. The lowest BCUT2D eigenvalue weighted by Gasteiger charge is -2.32. The van der Waals surface area contributed by atoms with Gasteiger partial charge in [0.1, 0.15) is 0 Å². The van der Waals surface area contributed by atoms with Crippen molar-refractivity contribution >= 4 is 23.2 Å². The lowest BCUT2D eigenvalue weighted by Crippen LogP contribution is -2.41. The number of anilines is 1. The summed E-state index contributed by atoms with van der Waals surface area (Å²) >= 11 is 6.17. The van der Waals surface area contributed by atoms with Crippen molar-refractivity contribution in [2.45, 2.75) is 31.7 Å². The van der Waals surface area contributed by atoms with Crippen molar-refractivity contribution in [3.05, 3.63) is 28.8 Å². The van der Waals surface area contributed by atoms with Crippen molar-refractivity contribution in [3.8, 4) is 0 Å². The first kappa shape index (κ1) is 14.7. The van der Waals surface area contributed by atoms with E-state index < -0.39 is 0 Å². The molecular formula is C16H22ClN3O. The van der Waals surface area contributed by atoms with Gasteiger partial charge in [-0.05, 0) is 44.5 Å². The van der Waals surface area contributed by atoms with Crippen molar-refractivity contribution < 1.29 is 4.79 Å². The number of carbonyl (C=O) groups is 1. The maximum absolute atomic E-state index is 12.6. The van der Waals surface area contributed by atoms with Gasteiger partial charge >= 0.3 is 0 Å². The summed E-state index contributed by atoms with van der Waals surface area (Å²) in [5, 5.41) is 0.379. The van der Waals surface area contributed by atoms with Gasteiger partial charge in [0.2, 0.25) is 0 Å². The number of nitrogens with two attached hydrogens (primary N) is 1. The van der Waals surface area contributed by atoms with Crippen LogP contribution in [0.3, 0.4) is 0 Å². The molecule has 2 N–H and O–H groups in total. The highest BCUT2D eigenvalue weighted by molar-refractivity contribution is 6.36. The molecule has 1 amide bonds. The summed E-state index contributed by atoms with van der Waals surface area (Å²) in [5.41, 5.74) is 6.78. The van der Waals surface area contributed by atoms with E-state index in [-0.39, 0.29) is 5.91 Å². The maximum atomic E-state index is 12.6. The van der Waals surface area contributed by atoms with Gasteiger partial charge in [-0.3, -0.25) is 9.69 Å². The van der Waals surface area contributed by atoms with Crippen molar-refractivity contribution in [1.82, 2.24) is 9.80 Å². The van der Waals surface area contributed by atoms with E-state index in [0.717, 1.165) is 19.5 Å². The van der Waals surface area contributed by atoms with E-state index in [2.05, 4.69) is 4.90 Å². The van der Waals surface area contributed by atoms with Crippen LogP contribution in [0.2, 0.25) is 5.02 Å². The first-order chi connectivity index (χ1) is 10.2. The zero-order valence-electron chi connectivity index (χ0n) is 12.2. The minimum atomic E-state index is 0.00631. The van der Waals surface area contributed by atoms with Crippen LogP contribution < -0.4 is 5.73 Å². The van der Waals surface area contributed by atoms with Gasteiger partial charge in [-0.2, -0.15) is 0 Å². The van der Waals surface area contributed by atoms with E-state index in [9.17, 15) is 4.79 Å². The summed E-state index contributed by atoms with van der Waals surface area (Å²) in [4.78, 5) is 17.1. The molecule has 1 unspecified atom stereocenters. The van der Waals surface area contributed by atoms with Crippen molar-refractivity contribution in [2.24, 2.45) is 0 Å². The van der Waals surface area contributed by atoms with E-state index in [1.54, 1.807) is 18.2 Å². The Balaban J connectivity index is 1.68. The van der Waals surface area contributed by atoms with Gasteiger partial charge in [0, 0.05) is 19.1 Å². The second kappa shape index (κ2) is 6.24. The standard InChI is InChI=1S/C16H22ClN3O/c17-15-13(5-4-6-14(15)18)16(21)20-10-7-12(11-20)19-8-2-1-3-9-19/h4-6,12H,1-3,7-11,18H2. The zero-order valence-corrected chi connectivity index (χ0v) is 13.0. The molecule has 0 spiro atoms. The molecule has 0 bridgehead atoms. The zero-order chi connectivity index (χ0) is 14.8. The molecule has 2 saturated heterocycles. The fourth-order valence-electron chi connectivity index (χ4n) is 3.39. The minimum Gasteiger partial charge on any atom is -0.398 e. The van der Waals surface area contributed by atoms with Gasteiger partial charge in [-0.1, -0.05) is 24.1 Å². The highest BCUT2D eigenvalue weighted by Gasteiger charge is 2.32. The molecule has 1 atom stereocenters. The predicted octanol–water partition coefficient (Wildman–Crippen LogP) is 2.62. The number of likely N-dealkylation sites (tertiary alicyclic amines) is 2. The van der Waals surface area contributed by atoms with Gasteiger partial charge in [0.05, 0.1) is 16.3 Å². The van der Waals surface area contributed by atoms with Crippen LogP contribution in [0.1, 0.15) is 36.0 Å². The van der Waals surface area contributed by atoms with Crippen LogP contribution in [-0.2, 0) is 0 Å². The summed E-state index contributed by atoms with van der Waals surface area (Å²) in [6.45, 7) is 3.96. The average Bonchev–Trinajstić information content (AvgIpc) is 3.00. The molecule has 0 saturated carbocycles. The average molecular weight is 308 g/mol. The Morgan fingerprint density at radius 3 is 2.71 bits per heavy atom. The van der Waals surface area contributed by atoms with Gasteiger partial charge in [-0.15, -0.1) is 0 Å². The Morgan fingerprint density at radius 1 is 1.19 bits per heavy atom. The van der Waals surface area contributed by atoms with Crippen LogP contribution in [0.5, 0.6) is 0 Å². The molecule has 114 valence electrons. The highest BCUT2D eigenvalue weighted by atomic mass is 35.5. The number of nitrogen functional groups attached to an aromatic ring is 1. The summed E-state index contributed by atoms with van der Waals surface area (Å²) in [5.74, 6) is 0.00631. The lowest BCUT2D eigenvalue weighted by atomic mass is 10.1. The van der Waals surface area contributed by atoms with E-state index >= 15 is 0 Å². The second-order valence-corrected chi connectivity index (χ2v) is 6.38. The van der Waals surface area contributed by atoms with Gasteiger partial charge in [0.15, 0.2) is 0 Å². The lowest BCUT2D eigenvalue weighted by molar-refractivity contribution is 0.0771. The minimum absolute atomic E-state index is 0.00631. The summed E-state index contributed by atoms with van der Waals surface area (Å²) in [7, 11) is 0. The van der Waals surface area contributed by atoms with Crippen LogP contribution in [0.25, 0.3) is 0 Å². The second-order valence-electron chi connectivity index (χ2n) is 6.00. The predicted molar refractivity (Wildman–Crippen MR) is 85.6 cm³/mol. The topological polar surface area (TPSA) is 49.6 Å². The summed E-state index contributed by atoms with van der Waals surface area (Å²) < 4.78 is 0. The quantitative estimate of drug-likeness (QED) is 0.855. The van der Waals surface area contributed by atoms with Crippen LogP contribution in [0.4, 0.5) is 5.69 Å². The number of rotatable bonds is 2. The Hall–Kier alpha value is -1.26. The molecule has 2 heterocycles. The number of halogens is 1. The molecule has 4 nitrogen and oxygen atoms in total. The smallest absolute Gasteiger partial charge is 0.255 e. The number of carbonyl (C=O) groups excluding carboxylic acids is 1. The van der Waals surface area contributed by atoms with Crippen LogP contribution >= 0.6 is 11.6 Å². The fourth-order valence-corrected chi connectivity index (χ4v) is 3.60. The Kier molecular flexibility index (Phi) is 4.36. The van der Waals surface area contributed by atoms with Crippen molar-refractivity contribution in [1.29, 1.82) is 0 Å². The molecule has 21 heavy (non-hydrogen) atoms. The van der Waals surface area contributed by atoms with Gasteiger partial charge < -0.3 is 10.6 Å². The monoisotopic (exact) mass is 307 g/mol. The number of hydrogen-bond acceptors (Lipinski definition) is 3. The summed E-state index contributed by atoms with van der Waals surface area (Å²) in [6.07, 6.45) is 4.97. The third-order valence-corrected chi connectivity index (χ3v) is 5.04. The van der Waals surface area contributed by atoms with E-state index in [4.69, 9.17) is 17.3 Å².